The molecule has 0 heterocycles. The highest BCUT2D eigenvalue weighted by Crippen LogP contribution is 2.16. The van der Waals surface area contributed by atoms with Crippen LogP contribution in [0.5, 0.6) is 0 Å². The zero-order chi connectivity index (χ0) is 19.3. The zero-order valence-electron chi connectivity index (χ0n) is 14.6. The van der Waals surface area contributed by atoms with Gasteiger partial charge in [0.1, 0.15) is 6.04 Å². The summed E-state index contributed by atoms with van der Waals surface area (Å²) >= 11 is 0. The monoisotopic (exact) mass is 356 g/mol. The maximum atomic E-state index is 12.2. The Bertz CT molecular complexity index is 827. The van der Waals surface area contributed by atoms with Gasteiger partial charge in [0.2, 0.25) is 5.91 Å². The Labute approximate surface area is 150 Å². The first kappa shape index (κ1) is 19.1. The van der Waals surface area contributed by atoms with E-state index in [1.54, 1.807) is 6.07 Å². The van der Waals surface area contributed by atoms with Crippen molar-refractivity contribution in [3.63, 3.8) is 0 Å². The second-order valence-electron chi connectivity index (χ2n) is 6.14. The first-order valence-electron chi connectivity index (χ1n) is 8.08. The number of benzene rings is 2. The molecule has 1 amide bonds. The van der Waals surface area contributed by atoms with Crippen LogP contribution in [0.15, 0.2) is 42.5 Å². The van der Waals surface area contributed by atoms with Gasteiger partial charge in [-0.2, -0.15) is 0 Å². The van der Waals surface area contributed by atoms with E-state index in [-0.39, 0.29) is 18.5 Å². The average Bonchev–Trinajstić information content (AvgIpc) is 2.57. The number of carboxylic acid groups (broad SMARTS) is 1. The predicted molar refractivity (Wildman–Crippen MR) is 96.0 cm³/mol. The quantitative estimate of drug-likeness (QED) is 0.585. The maximum Gasteiger partial charge on any atom is 0.326 e. The highest BCUT2D eigenvalue weighted by molar-refractivity contribution is 5.85. The zero-order valence-corrected chi connectivity index (χ0v) is 14.6. The van der Waals surface area contributed by atoms with Gasteiger partial charge in [-0.25, -0.2) is 4.79 Å². The summed E-state index contributed by atoms with van der Waals surface area (Å²) in [7, 11) is 0. The minimum Gasteiger partial charge on any atom is -0.480 e. The number of aryl methyl sites for hydroxylation is 2. The normalized spacial score (nSPS) is 11.6. The Morgan fingerprint density at radius 1 is 1.15 bits per heavy atom. The smallest absolute Gasteiger partial charge is 0.326 e. The molecule has 2 aromatic rings. The van der Waals surface area contributed by atoms with Gasteiger partial charge in [0, 0.05) is 18.6 Å². The van der Waals surface area contributed by atoms with Crippen LogP contribution in [0.1, 0.15) is 22.3 Å². The molecule has 0 spiro atoms. The number of carbonyl (C=O) groups is 2. The lowest BCUT2D eigenvalue weighted by atomic mass is 9.96. The van der Waals surface area contributed by atoms with Crippen LogP contribution in [-0.2, 0) is 22.4 Å². The number of nitrogens with zero attached hydrogens (tertiary/aromatic N) is 1. The molecule has 0 fully saturated rings. The third-order valence-corrected chi connectivity index (χ3v) is 4.17. The summed E-state index contributed by atoms with van der Waals surface area (Å²) in [4.78, 5) is 34.0. The summed E-state index contributed by atoms with van der Waals surface area (Å²) in [5, 5.41) is 22.8. The van der Waals surface area contributed by atoms with E-state index in [4.69, 9.17) is 0 Å². The van der Waals surface area contributed by atoms with Gasteiger partial charge in [0.25, 0.3) is 5.69 Å². The number of rotatable bonds is 7. The fraction of sp³-hybridized carbons (Fsp3) is 0.263. The molecule has 0 radical (unpaired) electrons. The summed E-state index contributed by atoms with van der Waals surface area (Å²) in [5.74, 6) is -1.62. The molecule has 26 heavy (non-hydrogen) atoms. The number of carboxylic acids is 1. The molecular formula is C19H20N2O5. The van der Waals surface area contributed by atoms with E-state index in [1.165, 1.54) is 18.2 Å². The lowest BCUT2D eigenvalue weighted by Crippen LogP contribution is -2.43. The third-order valence-electron chi connectivity index (χ3n) is 4.17. The molecule has 0 bridgehead atoms. The molecule has 0 aliphatic rings. The van der Waals surface area contributed by atoms with E-state index >= 15 is 0 Å². The first-order chi connectivity index (χ1) is 12.3. The minimum absolute atomic E-state index is 0.111. The van der Waals surface area contributed by atoms with Crippen molar-refractivity contribution in [1.29, 1.82) is 0 Å². The number of nitrogens with one attached hydrogen (secondary N) is 1. The van der Waals surface area contributed by atoms with Crippen LogP contribution in [0.4, 0.5) is 5.69 Å². The summed E-state index contributed by atoms with van der Waals surface area (Å²) in [5.41, 5.74) is 3.15. The number of amides is 1. The fourth-order valence-corrected chi connectivity index (χ4v) is 2.79. The molecule has 2 aromatic carbocycles. The van der Waals surface area contributed by atoms with Crippen LogP contribution in [-0.4, -0.2) is 27.9 Å². The Kier molecular flexibility index (Phi) is 6.06. The third kappa shape index (κ3) is 4.89. The summed E-state index contributed by atoms with van der Waals surface area (Å²) in [6.07, 6.45) is 0.0483. The van der Waals surface area contributed by atoms with E-state index < -0.39 is 22.8 Å². The van der Waals surface area contributed by atoms with E-state index in [1.807, 2.05) is 32.0 Å². The van der Waals surface area contributed by atoms with Crippen molar-refractivity contribution in [3.8, 4) is 0 Å². The molecule has 0 unspecified atom stereocenters. The molecule has 7 nitrogen and oxygen atoms in total. The van der Waals surface area contributed by atoms with Gasteiger partial charge in [0.15, 0.2) is 0 Å². The maximum absolute atomic E-state index is 12.2. The van der Waals surface area contributed by atoms with E-state index in [2.05, 4.69) is 5.32 Å². The van der Waals surface area contributed by atoms with Crippen LogP contribution in [0.25, 0.3) is 0 Å². The van der Waals surface area contributed by atoms with Crippen LogP contribution >= 0.6 is 0 Å². The van der Waals surface area contributed by atoms with Crippen molar-refractivity contribution in [2.45, 2.75) is 32.7 Å². The molecule has 7 heteroatoms. The van der Waals surface area contributed by atoms with Crippen LogP contribution in [0, 0.1) is 24.0 Å². The number of hydrogen-bond acceptors (Lipinski definition) is 4. The molecule has 2 rings (SSSR count). The minimum atomic E-state index is -1.12. The molecule has 1 atom stereocenters. The lowest BCUT2D eigenvalue weighted by Gasteiger charge is -2.17. The van der Waals surface area contributed by atoms with Gasteiger partial charge >= 0.3 is 5.97 Å². The van der Waals surface area contributed by atoms with E-state index in [0.717, 1.165) is 16.7 Å². The van der Waals surface area contributed by atoms with Gasteiger partial charge in [-0.3, -0.25) is 14.9 Å². The summed E-state index contributed by atoms with van der Waals surface area (Å²) in [6.45, 7) is 3.79. The Hall–Kier alpha value is -3.22. The van der Waals surface area contributed by atoms with Crippen molar-refractivity contribution in [3.05, 3.63) is 74.8 Å². The largest absolute Gasteiger partial charge is 0.480 e. The van der Waals surface area contributed by atoms with Crippen LogP contribution in [0.3, 0.4) is 0 Å². The number of hydrogen-bond donors (Lipinski definition) is 2. The molecule has 2 N–H and O–H groups in total. The lowest BCUT2D eigenvalue weighted by molar-refractivity contribution is -0.384. The first-order valence-corrected chi connectivity index (χ1v) is 8.08. The molecule has 0 saturated carbocycles. The topological polar surface area (TPSA) is 110 Å². The molecular weight excluding hydrogens is 336 g/mol. The standard InChI is InChI=1S/C19H20N2O5/c1-12-5-3-6-13(2)16(12)11-17(19(23)24)20-18(22)10-14-7-4-8-15(9-14)21(25)26/h3-9,17H,10-11H2,1-2H3,(H,20,22)(H,23,24)/t17-/m1/s1. The molecule has 0 aliphatic carbocycles. The van der Waals surface area contributed by atoms with Crippen LogP contribution < -0.4 is 5.32 Å². The molecule has 0 saturated heterocycles. The number of nitro benzene ring substituents is 1. The Morgan fingerprint density at radius 3 is 2.35 bits per heavy atom. The SMILES string of the molecule is Cc1cccc(C)c1C[C@@H](NC(=O)Cc1cccc([N+](=O)[O-])c1)C(=O)O. The molecule has 0 aromatic heterocycles. The Morgan fingerprint density at radius 2 is 1.77 bits per heavy atom. The fourth-order valence-electron chi connectivity index (χ4n) is 2.79. The van der Waals surface area contributed by atoms with Crippen molar-refractivity contribution in [1.82, 2.24) is 5.32 Å². The second-order valence-corrected chi connectivity index (χ2v) is 6.14. The van der Waals surface area contributed by atoms with Gasteiger partial charge in [-0.15, -0.1) is 0 Å². The second kappa shape index (κ2) is 8.24. The van der Waals surface area contributed by atoms with Gasteiger partial charge < -0.3 is 10.4 Å². The van der Waals surface area contributed by atoms with E-state index in [0.29, 0.717) is 5.56 Å². The van der Waals surface area contributed by atoms with Crippen molar-refractivity contribution < 1.29 is 19.6 Å². The number of carbonyl (C=O) groups excluding carboxylic acids is 1. The van der Waals surface area contributed by atoms with Crippen molar-refractivity contribution in [2.24, 2.45) is 0 Å². The average molecular weight is 356 g/mol. The van der Waals surface area contributed by atoms with Crippen molar-refractivity contribution >= 4 is 17.6 Å². The number of aliphatic carboxylic acids is 1. The summed E-state index contributed by atoms with van der Waals surface area (Å²) < 4.78 is 0. The highest BCUT2D eigenvalue weighted by Gasteiger charge is 2.22. The van der Waals surface area contributed by atoms with Crippen molar-refractivity contribution in [2.75, 3.05) is 0 Å². The summed E-state index contributed by atoms with van der Waals surface area (Å²) in [6, 6.07) is 10.3. The Balaban J connectivity index is 2.10. The van der Waals surface area contributed by atoms with E-state index in [9.17, 15) is 24.8 Å². The van der Waals surface area contributed by atoms with Gasteiger partial charge in [-0.1, -0.05) is 30.3 Å². The van der Waals surface area contributed by atoms with Crippen LogP contribution in [0.2, 0.25) is 0 Å². The van der Waals surface area contributed by atoms with Gasteiger partial charge in [0.05, 0.1) is 11.3 Å². The predicted octanol–water partition coefficient (Wildman–Crippen LogP) is 2.57. The molecule has 0 aliphatic heterocycles. The highest BCUT2D eigenvalue weighted by atomic mass is 16.6. The number of nitro groups is 1. The van der Waals surface area contributed by atoms with Gasteiger partial charge in [-0.05, 0) is 36.1 Å². The molecule has 136 valence electrons. The number of non-ortho nitro benzene ring substituents is 1.